The molecule has 0 saturated heterocycles. The normalized spacial score (nSPS) is 11.6. The molecule has 0 aliphatic heterocycles. The number of ether oxygens (including phenoxy) is 2. The molecule has 10 nitrogen and oxygen atoms in total. The number of carbonyl (C=O) groups is 2. The maximum absolute atomic E-state index is 12.6. The molecule has 0 atom stereocenters. The molecule has 37 heavy (non-hydrogen) atoms. The minimum atomic E-state index is -3.63. The SMILES string of the molecule is COc1cc(/C=C(/C#N)C(=O)Nc2nnc(S(=O)(=O)CC(C)C)s2)ccc1OC(=O)c1cccc(C)c1. The Morgan fingerprint density at radius 2 is 1.92 bits per heavy atom. The van der Waals surface area contributed by atoms with E-state index in [9.17, 15) is 23.3 Å². The Kier molecular flexibility index (Phi) is 8.75. The van der Waals surface area contributed by atoms with Crippen molar-refractivity contribution in [3.63, 3.8) is 0 Å². The van der Waals surface area contributed by atoms with Gasteiger partial charge in [-0.25, -0.2) is 13.2 Å². The van der Waals surface area contributed by atoms with Crippen LogP contribution in [0, 0.1) is 24.2 Å². The van der Waals surface area contributed by atoms with Crippen LogP contribution in [-0.4, -0.2) is 43.4 Å². The van der Waals surface area contributed by atoms with E-state index in [0.717, 1.165) is 5.56 Å². The fourth-order valence-electron chi connectivity index (χ4n) is 3.16. The number of amides is 1. The van der Waals surface area contributed by atoms with Crippen molar-refractivity contribution in [3.05, 3.63) is 64.7 Å². The van der Waals surface area contributed by atoms with Crippen molar-refractivity contribution in [1.29, 1.82) is 5.26 Å². The number of sulfone groups is 1. The summed E-state index contributed by atoms with van der Waals surface area (Å²) in [7, 11) is -2.23. The van der Waals surface area contributed by atoms with E-state index in [-0.39, 0.29) is 38.2 Å². The Balaban J connectivity index is 1.77. The molecule has 0 radical (unpaired) electrons. The third-order valence-electron chi connectivity index (χ3n) is 4.77. The maximum Gasteiger partial charge on any atom is 0.343 e. The zero-order valence-corrected chi connectivity index (χ0v) is 22.1. The van der Waals surface area contributed by atoms with E-state index in [1.54, 1.807) is 44.2 Å². The van der Waals surface area contributed by atoms with Crippen molar-refractivity contribution >= 4 is 44.3 Å². The third-order valence-corrected chi connectivity index (χ3v) is 8.13. The third kappa shape index (κ3) is 7.22. The first kappa shape index (κ1) is 27.5. The quantitative estimate of drug-likeness (QED) is 0.139. The summed E-state index contributed by atoms with van der Waals surface area (Å²) in [5, 5.41) is 19.2. The Labute approximate surface area is 218 Å². The number of nitriles is 1. The van der Waals surface area contributed by atoms with E-state index in [2.05, 4.69) is 15.5 Å². The maximum atomic E-state index is 12.6. The molecule has 1 aromatic heterocycles. The lowest BCUT2D eigenvalue weighted by molar-refractivity contribution is -0.112. The summed E-state index contributed by atoms with van der Waals surface area (Å²) in [6.07, 6.45) is 1.31. The molecule has 1 heterocycles. The van der Waals surface area contributed by atoms with Crippen molar-refractivity contribution in [2.24, 2.45) is 5.92 Å². The number of hydrogen-bond acceptors (Lipinski definition) is 10. The molecule has 0 spiro atoms. The number of methoxy groups -OCH3 is 1. The second-order valence-electron chi connectivity index (χ2n) is 8.34. The van der Waals surface area contributed by atoms with Gasteiger partial charge in [0, 0.05) is 0 Å². The number of hydrogen-bond donors (Lipinski definition) is 1. The van der Waals surface area contributed by atoms with Crippen molar-refractivity contribution in [1.82, 2.24) is 10.2 Å². The first-order valence-corrected chi connectivity index (χ1v) is 13.5. The van der Waals surface area contributed by atoms with E-state index >= 15 is 0 Å². The molecule has 1 amide bonds. The molecular weight excluding hydrogens is 516 g/mol. The molecule has 0 unspecified atom stereocenters. The number of rotatable bonds is 9. The van der Waals surface area contributed by atoms with E-state index < -0.39 is 21.7 Å². The average Bonchev–Trinajstić information content (AvgIpc) is 3.32. The molecular formula is C25H24N4O6S2. The second-order valence-corrected chi connectivity index (χ2v) is 11.5. The van der Waals surface area contributed by atoms with Crippen molar-refractivity contribution in [2.75, 3.05) is 18.2 Å². The van der Waals surface area contributed by atoms with E-state index in [1.165, 1.54) is 25.3 Å². The standard InChI is InChI=1S/C25H24N4O6S2/c1-15(2)14-37(32,33)25-29-28-24(36-25)27-22(30)19(13-26)11-17-8-9-20(21(12-17)34-4)35-23(31)18-7-5-6-16(3)10-18/h5-12,15H,14H2,1-4H3,(H,27,28,30)/b19-11-. The molecule has 0 aliphatic rings. The Morgan fingerprint density at radius 1 is 1.16 bits per heavy atom. The largest absolute Gasteiger partial charge is 0.493 e. The van der Waals surface area contributed by atoms with Crippen LogP contribution in [0.3, 0.4) is 0 Å². The molecule has 3 aromatic rings. The van der Waals surface area contributed by atoms with Crippen LogP contribution < -0.4 is 14.8 Å². The molecule has 1 N–H and O–H groups in total. The smallest absolute Gasteiger partial charge is 0.343 e. The molecule has 0 bridgehead atoms. The predicted molar refractivity (Wildman–Crippen MR) is 138 cm³/mol. The highest BCUT2D eigenvalue weighted by atomic mass is 32.2. The lowest BCUT2D eigenvalue weighted by atomic mass is 10.1. The zero-order chi connectivity index (χ0) is 27.2. The molecule has 12 heteroatoms. The van der Waals surface area contributed by atoms with Gasteiger partial charge in [0.2, 0.25) is 19.3 Å². The second kappa shape index (κ2) is 11.8. The number of anilines is 1. The Bertz CT molecular complexity index is 1500. The summed E-state index contributed by atoms with van der Waals surface area (Å²) in [5.74, 6) is -1.17. The highest BCUT2D eigenvalue weighted by Crippen LogP contribution is 2.30. The lowest BCUT2D eigenvalue weighted by Gasteiger charge is -2.10. The van der Waals surface area contributed by atoms with E-state index in [1.807, 2.05) is 13.0 Å². The van der Waals surface area contributed by atoms with Gasteiger partial charge in [-0.1, -0.05) is 48.9 Å². The van der Waals surface area contributed by atoms with Gasteiger partial charge >= 0.3 is 5.97 Å². The molecule has 0 fully saturated rings. The van der Waals surface area contributed by atoms with Crippen LogP contribution in [0.5, 0.6) is 11.5 Å². The van der Waals surface area contributed by atoms with Gasteiger partial charge in [0.05, 0.1) is 18.4 Å². The van der Waals surface area contributed by atoms with E-state index in [4.69, 9.17) is 9.47 Å². The number of carbonyl (C=O) groups excluding carboxylic acids is 2. The monoisotopic (exact) mass is 540 g/mol. The van der Waals surface area contributed by atoms with Gasteiger partial charge in [0.1, 0.15) is 11.6 Å². The van der Waals surface area contributed by atoms with Gasteiger partial charge in [-0.15, -0.1) is 10.2 Å². The average molecular weight is 541 g/mol. The molecule has 3 rings (SSSR count). The highest BCUT2D eigenvalue weighted by molar-refractivity contribution is 7.93. The number of nitrogens with zero attached hydrogens (tertiary/aromatic N) is 3. The first-order chi connectivity index (χ1) is 17.5. The number of aromatic nitrogens is 2. The van der Waals surface area contributed by atoms with Crippen LogP contribution in [0.15, 0.2) is 52.4 Å². The summed E-state index contributed by atoms with van der Waals surface area (Å²) in [6.45, 7) is 5.39. The highest BCUT2D eigenvalue weighted by Gasteiger charge is 2.23. The minimum absolute atomic E-state index is 0.0514. The van der Waals surface area contributed by atoms with Gasteiger partial charge in [0.25, 0.3) is 5.91 Å². The number of esters is 1. The van der Waals surface area contributed by atoms with Gasteiger partial charge in [-0.3, -0.25) is 10.1 Å². The molecule has 0 aliphatic carbocycles. The molecule has 0 saturated carbocycles. The van der Waals surface area contributed by atoms with Crippen LogP contribution in [0.25, 0.3) is 6.08 Å². The van der Waals surface area contributed by atoms with Crippen LogP contribution in [0.2, 0.25) is 0 Å². The minimum Gasteiger partial charge on any atom is -0.493 e. The fraction of sp³-hybridized carbons (Fsp3) is 0.240. The van der Waals surface area contributed by atoms with Crippen molar-refractivity contribution in [3.8, 4) is 17.6 Å². The molecule has 2 aromatic carbocycles. The lowest BCUT2D eigenvalue weighted by Crippen LogP contribution is -2.13. The van der Waals surface area contributed by atoms with E-state index in [0.29, 0.717) is 22.5 Å². The summed E-state index contributed by atoms with van der Waals surface area (Å²) >= 11 is 0.710. The Hall–Kier alpha value is -4.08. The van der Waals surface area contributed by atoms with Crippen LogP contribution in [-0.2, 0) is 14.6 Å². The van der Waals surface area contributed by atoms with Gasteiger partial charge in [-0.05, 0) is 48.7 Å². The van der Waals surface area contributed by atoms with Gasteiger partial charge in [0.15, 0.2) is 11.5 Å². The zero-order valence-electron chi connectivity index (χ0n) is 20.5. The Morgan fingerprint density at radius 3 is 2.57 bits per heavy atom. The number of nitrogens with one attached hydrogen (secondary N) is 1. The first-order valence-electron chi connectivity index (χ1n) is 11.0. The summed E-state index contributed by atoms with van der Waals surface area (Å²) < 4.78 is 35.2. The molecule has 192 valence electrons. The van der Waals surface area contributed by atoms with Gasteiger partial charge in [-0.2, -0.15) is 5.26 Å². The van der Waals surface area contributed by atoms with Crippen LogP contribution in [0.1, 0.15) is 35.3 Å². The summed E-state index contributed by atoms with van der Waals surface area (Å²) in [5.41, 5.74) is 1.45. The summed E-state index contributed by atoms with van der Waals surface area (Å²) in [6, 6.07) is 13.3. The fourth-order valence-corrected chi connectivity index (χ4v) is 5.77. The summed E-state index contributed by atoms with van der Waals surface area (Å²) in [4.78, 5) is 25.1. The van der Waals surface area contributed by atoms with Crippen molar-refractivity contribution < 1.29 is 27.5 Å². The number of benzene rings is 2. The predicted octanol–water partition coefficient (Wildman–Crippen LogP) is 4.05. The van der Waals surface area contributed by atoms with Gasteiger partial charge < -0.3 is 9.47 Å². The van der Waals surface area contributed by atoms with Crippen LogP contribution in [0.4, 0.5) is 5.13 Å². The topological polar surface area (TPSA) is 148 Å². The van der Waals surface area contributed by atoms with Crippen LogP contribution >= 0.6 is 11.3 Å². The number of aryl methyl sites for hydroxylation is 1. The van der Waals surface area contributed by atoms with Crippen molar-refractivity contribution in [2.45, 2.75) is 25.1 Å².